The van der Waals surface area contributed by atoms with Gasteiger partial charge < -0.3 is 4.90 Å². The molecule has 1 heterocycles. The van der Waals surface area contributed by atoms with E-state index in [2.05, 4.69) is 0 Å². The largest absolute Gasteiger partial charge is 0.332 e. The molecule has 0 fully saturated rings. The molecule has 0 aliphatic rings. The van der Waals surface area contributed by atoms with Crippen LogP contribution in [0.15, 0.2) is 59.4 Å². The van der Waals surface area contributed by atoms with Crippen molar-refractivity contribution in [1.82, 2.24) is 14.5 Å². The molecule has 1 aromatic heterocycles. The Bertz CT molecular complexity index is 979. The predicted molar refractivity (Wildman–Crippen MR) is 103 cm³/mol. The second-order valence-corrected chi connectivity index (χ2v) is 6.24. The predicted octanol–water partition coefficient (Wildman–Crippen LogP) is 3.64. The van der Waals surface area contributed by atoms with E-state index < -0.39 is 0 Å². The molecule has 5 heteroatoms. The third-order valence-corrected chi connectivity index (χ3v) is 4.70. The summed E-state index contributed by atoms with van der Waals surface area (Å²) in [6, 6.07) is 16.2. The minimum Gasteiger partial charge on any atom is -0.332 e. The Morgan fingerprint density at radius 2 is 1.73 bits per heavy atom. The lowest BCUT2D eigenvalue weighted by molar-refractivity contribution is 0.0715. The van der Waals surface area contributed by atoms with Gasteiger partial charge in [-0.3, -0.25) is 14.2 Å². The first-order chi connectivity index (χ1) is 12.6. The maximum absolute atomic E-state index is 12.9. The summed E-state index contributed by atoms with van der Waals surface area (Å²) in [5.74, 6) is 0.549. The summed E-state index contributed by atoms with van der Waals surface area (Å²) in [5.41, 5.74) is 1.22. The lowest BCUT2D eigenvalue weighted by atomic mass is 10.1. The summed E-state index contributed by atoms with van der Waals surface area (Å²) in [6.45, 7) is 4.43. The first-order valence-corrected chi connectivity index (χ1v) is 8.90. The maximum Gasteiger partial charge on any atom is 0.261 e. The van der Waals surface area contributed by atoms with Gasteiger partial charge in [0, 0.05) is 19.2 Å². The average molecular weight is 349 g/mol. The van der Waals surface area contributed by atoms with Crippen LogP contribution in [0.5, 0.6) is 0 Å². The number of carbonyl (C=O) groups is 1. The molecule has 134 valence electrons. The van der Waals surface area contributed by atoms with Crippen molar-refractivity contribution in [2.45, 2.75) is 32.9 Å². The molecule has 0 aliphatic heterocycles. The van der Waals surface area contributed by atoms with Crippen LogP contribution in [0.25, 0.3) is 10.9 Å². The van der Waals surface area contributed by atoms with E-state index in [0.29, 0.717) is 35.3 Å². The molecule has 0 saturated carbocycles. The number of rotatable bonds is 5. The normalized spacial score (nSPS) is 12.1. The Morgan fingerprint density at radius 3 is 2.38 bits per heavy atom. The molecule has 0 radical (unpaired) electrons. The monoisotopic (exact) mass is 349 g/mol. The molecule has 0 N–H and O–H groups in total. The highest BCUT2D eigenvalue weighted by Gasteiger charge is 2.26. The zero-order valence-corrected chi connectivity index (χ0v) is 15.3. The standard InChI is InChI=1S/C21H23N3O2/c1-4-18(23(3)20(25)15-11-7-6-8-12-15)19-22-17-14-10-9-13-16(17)21(26)24(19)5-2/h6-14,18H,4-5H2,1-3H3. The van der Waals surface area contributed by atoms with Crippen LogP contribution in [0, 0.1) is 0 Å². The fourth-order valence-corrected chi connectivity index (χ4v) is 3.30. The fourth-order valence-electron chi connectivity index (χ4n) is 3.30. The van der Waals surface area contributed by atoms with E-state index in [9.17, 15) is 9.59 Å². The maximum atomic E-state index is 12.9. The summed E-state index contributed by atoms with van der Waals surface area (Å²) >= 11 is 0. The van der Waals surface area contributed by atoms with Gasteiger partial charge in [-0.2, -0.15) is 0 Å². The van der Waals surface area contributed by atoms with Gasteiger partial charge >= 0.3 is 0 Å². The van der Waals surface area contributed by atoms with Gasteiger partial charge in [-0.25, -0.2) is 4.98 Å². The Kier molecular flexibility index (Phi) is 5.16. The van der Waals surface area contributed by atoms with Crippen LogP contribution in [0.3, 0.4) is 0 Å². The quantitative estimate of drug-likeness (QED) is 0.707. The Morgan fingerprint density at radius 1 is 1.08 bits per heavy atom. The second kappa shape index (κ2) is 7.52. The van der Waals surface area contributed by atoms with Crippen molar-refractivity contribution in [2.24, 2.45) is 0 Å². The van der Waals surface area contributed by atoms with Crippen LogP contribution in [-0.4, -0.2) is 27.4 Å². The van der Waals surface area contributed by atoms with Crippen LogP contribution < -0.4 is 5.56 Å². The molecule has 0 spiro atoms. The molecular weight excluding hydrogens is 326 g/mol. The van der Waals surface area contributed by atoms with Gasteiger partial charge in [0.25, 0.3) is 11.5 Å². The first-order valence-electron chi connectivity index (χ1n) is 8.90. The topological polar surface area (TPSA) is 55.2 Å². The van der Waals surface area contributed by atoms with Gasteiger partial charge in [-0.15, -0.1) is 0 Å². The van der Waals surface area contributed by atoms with E-state index in [0.717, 1.165) is 0 Å². The number of para-hydroxylation sites is 1. The molecule has 26 heavy (non-hydrogen) atoms. The van der Waals surface area contributed by atoms with E-state index in [1.54, 1.807) is 34.7 Å². The van der Waals surface area contributed by atoms with E-state index in [-0.39, 0.29) is 17.5 Å². The molecule has 1 atom stereocenters. The minimum atomic E-state index is -0.278. The second-order valence-electron chi connectivity index (χ2n) is 6.24. The molecule has 2 aromatic carbocycles. The number of benzene rings is 2. The van der Waals surface area contributed by atoms with Crippen LogP contribution in [-0.2, 0) is 6.54 Å². The minimum absolute atomic E-state index is 0.0629. The molecule has 3 rings (SSSR count). The highest BCUT2D eigenvalue weighted by molar-refractivity contribution is 5.94. The summed E-state index contributed by atoms with van der Waals surface area (Å²) in [5, 5.41) is 0.602. The van der Waals surface area contributed by atoms with Gasteiger partial charge in [0.15, 0.2) is 0 Å². The first kappa shape index (κ1) is 17.9. The van der Waals surface area contributed by atoms with Crippen LogP contribution in [0.2, 0.25) is 0 Å². The Hall–Kier alpha value is -2.95. The van der Waals surface area contributed by atoms with Crippen LogP contribution in [0.1, 0.15) is 42.5 Å². The van der Waals surface area contributed by atoms with Gasteiger partial charge in [0.05, 0.1) is 16.9 Å². The highest BCUT2D eigenvalue weighted by Crippen LogP contribution is 2.24. The van der Waals surface area contributed by atoms with E-state index in [4.69, 9.17) is 4.98 Å². The average Bonchev–Trinajstić information content (AvgIpc) is 2.69. The Labute approximate surface area is 152 Å². The van der Waals surface area contributed by atoms with Gasteiger partial charge in [-0.1, -0.05) is 37.3 Å². The summed E-state index contributed by atoms with van der Waals surface area (Å²) in [6.07, 6.45) is 0.667. The van der Waals surface area contributed by atoms with Crippen molar-refractivity contribution >= 4 is 16.8 Å². The molecule has 0 bridgehead atoms. The number of carbonyl (C=O) groups excluding carboxylic acids is 1. The van der Waals surface area contributed by atoms with Gasteiger partial charge in [0.1, 0.15) is 5.82 Å². The molecule has 0 saturated heterocycles. The number of aromatic nitrogens is 2. The van der Waals surface area contributed by atoms with Crippen molar-refractivity contribution in [2.75, 3.05) is 7.05 Å². The number of hydrogen-bond acceptors (Lipinski definition) is 3. The molecule has 5 nitrogen and oxygen atoms in total. The number of nitrogens with zero attached hydrogens (tertiary/aromatic N) is 3. The summed E-state index contributed by atoms with van der Waals surface area (Å²) < 4.78 is 1.67. The number of amides is 1. The SMILES string of the molecule is CCC(c1nc2ccccc2c(=O)n1CC)N(C)C(=O)c1ccccc1. The third kappa shape index (κ3) is 3.12. The van der Waals surface area contributed by atoms with Gasteiger partial charge in [-0.05, 0) is 37.6 Å². The van der Waals surface area contributed by atoms with Crippen molar-refractivity contribution in [3.05, 3.63) is 76.3 Å². The van der Waals surface area contributed by atoms with Gasteiger partial charge in [0.2, 0.25) is 0 Å². The summed E-state index contributed by atoms with van der Waals surface area (Å²) in [4.78, 5) is 32.2. The van der Waals surface area contributed by atoms with E-state index >= 15 is 0 Å². The lowest BCUT2D eigenvalue weighted by Gasteiger charge is -2.29. The molecule has 1 unspecified atom stereocenters. The fraction of sp³-hybridized carbons (Fsp3) is 0.286. The number of fused-ring (bicyclic) bond motifs is 1. The zero-order chi connectivity index (χ0) is 18.7. The van der Waals surface area contributed by atoms with Crippen molar-refractivity contribution in [1.29, 1.82) is 0 Å². The molecule has 3 aromatic rings. The number of hydrogen-bond donors (Lipinski definition) is 0. The molecular formula is C21H23N3O2. The van der Waals surface area contributed by atoms with E-state index in [1.807, 2.05) is 50.2 Å². The third-order valence-electron chi connectivity index (χ3n) is 4.70. The lowest BCUT2D eigenvalue weighted by Crippen LogP contribution is -2.36. The Balaban J connectivity index is 2.10. The van der Waals surface area contributed by atoms with Crippen LogP contribution >= 0.6 is 0 Å². The molecule has 1 amide bonds. The van der Waals surface area contributed by atoms with Crippen molar-refractivity contribution in [3.63, 3.8) is 0 Å². The van der Waals surface area contributed by atoms with E-state index in [1.165, 1.54) is 0 Å². The van der Waals surface area contributed by atoms with Crippen molar-refractivity contribution < 1.29 is 4.79 Å². The highest BCUT2D eigenvalue weighted by atomic mass is 16.2. The van der Waals surface area contributed by atoms with Crippen LogP contribution in [0.4, 0.5) is 0 Å². The smallest absolute Gasteiger partial charge is 0.261 e. The molecule has 0 aliphatic carbocycles. The zero-order valence-electron chi connectivity index (χ0n) is 15.3. The summed E-state index contributed by atoms with van der Waals surface area (Å²) in [7, 11) is 1.77. The van der Waals surface area contributed by atoms with Crippen molar-refractivity contribution in [3.8, 4) is 0 Å².